The lowest BCUT2D eigenvalue weighted by Gasteiger charge is -2.31. The standard InChI is InChI=1S/C14H18F2O3/c1-4-9(13(17)19-5-2)14(3,18)10-7-6-8-11(15)12(10)16/h6-9,18H,4-5H2,1-3H3. The first-order valence-corrected chi connectivity index (χ1v) is 6.19. The molecule has 0 bridgehead atoms. The van der Waals surface area contributed by atoms with Gasteiger partial charge in [0, 0.05) is 5.56 Å². The van der Waals surface area contributed by atoms with Crippen LogP contribution < -0.4 is 0 Å². The smallest absolute Gasteiger partial charge is 0.312 e. The van der Waals surface area contributed by atoms with Crippen LogP contribution in [-0.4, -0.2) is 17.7 Å². The number of carbonyl (C=O) groups is 1. The van der Waals surface area contributed by atoms with Crippen molar-refractivity contribution in [1.29, 1.82) is 0 Å². The predicted molar refractivity (Wildman–Crippen MR) is 66.3 cm³/mol. The quantitative estimate of drug-likeness (QED) is 0.838. The molecule has 0 radical (unpaired) electrons. The van der Waals surface area contributed by atoms with Crippen LogP contribution in [0.1, 0.15) is 32.8 Å². The average molecular weight is 272 g/mol. The van der Waals surface area contributed by atoms with E-state index in [4.69, 9.17) is 4.74 Å². The highest BCUT2D eigenvalue weighted by Gasteiger charge is 2.40. The van der Waals surface area contributed by atoms with E-state index < -0.39 is 29.1 Å². The summed E-state index contributed by atoms with van der Waals surface area (Å²) in [5.41, 5.74) is -2.07. The maximum Gasteiger partial charge on any atom is 0.312 e. The second-order valence-electron chi connectivity index (χ2n) is 4.46. The van der Waals surface area contributed by atoms with E-state index in [2.05, 4.69) is 0 Å². The second kappa shape index (κ2) is 6.10. The fraction of sp³-hybridized carbons (Fsp3) is 0.500. The summed E-state index contributed by atoms with van der Waals surface area (Å²) in [7, 11) is 0. The summed E-state index contributed by atoms with van der Waals surface area (Å²) in [5, 5.41) is 10.4. The van der Waals surface area contributed by atoms with Crippen molar-refractivity contribution in [2.45, 2.75) is 32.8 Å². The first-order chi connectivity index (χ1) is 8.86. The number of ether oxygens (including phenoxy) is 1. The third kappa shape index (κ3) is 3.10. The third-order valence-electron chi connectivity index (χ3n) is 3.15. The fourth-order valence-electron chi connectivity index (χ4n) is 2.12. The Balaban J connectivity index is 3.20. The van der Waals surface area contributed by atoms with Crippen molar-refractivity contribution in [2.24, 2.45) is 5.92 Å². The highest BCUT2D eigenvalue weighted by Crippen LogP contribution is 2.34. The van der Waals surface area contributed by atoms with Gasteiger partial charge in [-0.05, 0) is 26.3 Å². The zero-order chi connectivity index (χ0) is 14.6. The molecule has 1 aromatic rings. The van der Waals surface area contributed by atoms with E-state index in [0.29, 0.717) is 0 Å². The van der Waals surface area contributed by atoms with E-state index in [1.54, 1.807) is 13.8 Å². The molecule has 0 aliphatic heterocycles. The van der Waals surface area contributed by atoms with Gasteiger partial charge in [0.15, 0.2) is 11.6 Å². The molecule has 1 N–H and O–H groups in total. The molecule has 0 aliphatic carbocycles. The van der Waals surface area contributed by atoms with E-state index in [9.17, 15) is 18.7 Å². The Bertz CT molecular complexity index is 458. The first kappa shape index (κ1) is 15.6. The van der Waals surface area contributed by atoms with E-state index in [-0.39, 0.29) is 18.6 Å². The zero-order valence-electron chi connectivity index (χ0n) is 11.2. The molecule has 0 saturated heterocycles. The Morgan fingerprint density at radius 1 is 1.42 bits per heavy atom. The molecule has 1 aromatic carbocycles. The number of hydrogen-bond donors (Lipinski definition) is 1. The van der Waals surface area contributed by atoms with Crippen molar-refractivity contribution in [3.63, 3.8) is 0 Å². The maximum absolute atomic E-state index is 13.8. The van der Waals surface area contributed by atoms with Gasteiger partial charge >= 0.3 is 5.97 Å². The van der Waals surface area contributed by atoms with Gasteiger partial charge in [-0.1, -0.05) is 19.1 Å². The second-order valence-corrected chi connectivity index (χ2v) is 4.46. The van der Waals surface area contributed by atoms with Gasteiger partial charge in [0.25, 0.3) is 0 Å². The molecular formula is C14H18F2O3. The molecule has 0 aromatic heterocycles. The summed E-state index contributed by atoms with van der Waals surface area (Å²) in [6, 6.07) is 3.51. The average Bonchev–Trinajstić information content (AvgIpc) is 2.33. The molecule has 0 spiro atoms. The number of carbonyl (C=O) groups excluding carboxylic acids is 1. The SMILES string of the molecule is CCOC(=O)C(CC)C(C)(O)c1cccc(F)c1F. The fourth-order valence-corrected chi connectivity index (χ4v) is 2.12. The van der Waals surface area contributed by atoms with Gasteiger partial charge in [-0.25, -0.2) is 8.78 Å². The van der Waals surface area contributed by atoms with Crippen molar-refractivity contribution >= 4 is 5.97 Å². The van der Waals surface area contributed by atoms with E-state index in [1.807, 2.05) is 0 Å². The molecule has 3 nitrogen and oxygen atoms in total. The Morgan fingerprint density at radius 2 is 2.05 bits per heavy atom. The van der Waals surface area contributed by atoms with Crippen molar-refractivity contribution in [3.8, 4) is 0 Å². The Morgan fingerprint density at radius 3 is 2.58 bits per heavy atom. The predicted octanol–water partition coefficient (Wildman–Crippen LogP) is 2.76. The Hall–Kier alpha value is -1.49. The molecule has 0 aliphatic rings. The minimum atomic E-state index is -1.83. The van der Waals surface area contributed by atoms with Crippen molar-refractivity contribution < 1.29 is 23.4 Å². The van der Waals surface area contributed by atoms with Gasteiger partial charge < -0.3 is 9.84 Å². The molecule has 106 valence electrons. The Kier molecular flexibility index (Phi) is 5.00. The van der Waals surface area contributed by atoms with Gasteiger partial charge in [0.1, 0.15) is 5.60 Å². The molecule has 2 atom stereocenters. The summed E-state index contributed by atoms with van der Waals surface area (Å²) in [5.74, 6) is -3.78. The van der Waals surface area contributed by atoms with Crippen LogP contribution >= 0.6 is 0 Å². The number of hydrogen-bond acceptors (Lipinski definition) is 3. The van der Waals surface area contributed by atoms with Gasteiger partial charge in [-0.2, -0.15) is 0 Å². The van der Waals surface area contributed by atoms with Crippen LogP contribution in [0, 0.1) is 17.6 Å². The number of esters is 1. The molecule has 19 heavy (non-hydrogen) atoms. The minimum absolute atomic E-state index is 0.164. The summed E-state index contributed by atoms with van der Waals surface area (Å²) in [6.07, 6.45) is 0.252. The highest BCUT2D eigenvalue weighted by atomic mass is 19.2. The molecular weight excluding hydrogens is 254 g/mol. The van der Waals surface area contributed by atoms with E-state index in [1.165, 1.54) is 19.1 Å². The molecule has 0 fully saturated rings. The summed E-state index contributed by atoms with van der Waals surface area (Å²) in [6.45, 7) is 4.77. The van der Waals surface area contributed by atoms with Gasteiger partial charge in [0.05, 0.1) is 12.5 Å². The lowest BCUT2D eigenvalue weighted by Crippen LogP contribution is -2.38. The van der Waals surface area contributed by atoms with Crippen molar-refractivity contribution in [2.75, 3.05) is 6.61 Å². The van der Waals surface area contributed by atoms with Crippen LogP contribution in [0.2, 0.25) is 0 Å². The van der Waals surface area contributed by atoms with Crippen LogP contribution in [0.5, 0.6) is 0 Å². The Labute approximate surface area is 111 Å². The number of benzene rings is 1. The number of aliphatic hydroxyl groups is 1. The lowest BCUT2D eigenvalue weighted by molar-refractivity contribution is -0.158. The zero-order valence-corrected chi connectivity index (χ0v) is 11.2. The van der Waals surface area contributed by atoms with Gasteiger partial charge in [0.2, 0.25) is 0 Å². The van der Waals surface area contributed by atoms with Crippen LogP contribution in [0.3, 0.4) is 0 Å². The molecule has 0 amide bonds. The van der Waals surface area contributed by atoms with Crippen molar-refractivity contribution in [3.05, 3.63) is 35.4 Å². The normalized spacial score (nSPS) is 15.7. The maximum atomic E-state index is 13.8. The molecule has 1 rings (SSSR count). The first-order valence-electron chi connectivity index (χ1n) is 6.19. The lowest BCUT2D eigenvalue weighted by atomic mass is 9.81. The third-order valence-corrected chi connectivity index (χ3v) is 3.15. The van der Waals surface area contributed by atoms with Crippen LogP contribution in [0.25, 0.3) is 0 Å². The number of halogens is 2. The van der Waals surface area contributed by atoms with E-state index >= 15 is 0 Å². The van der Waals surface area contributed by atoms with Crippen LogP contribution in [-0.2, 0) is 15.1 Å². The summed E-state index contributed by atoms with van der Waals surface area (Å²) >= 11 is 0. The molecule has 5 heteroatoms. The monoisotopic (exact) mass is 272 g/mol. The van der Waals surface area contributed by atoms with Crippen LogP contribution in [0.4, 0.5) is 8.78 Å². The molecule has 2 unspecified atom stereocenters. The van der Waals surface area contributed by atoms with Gasteiger partial charge in [-0.15, -0.1) is 0 Å². The highest BCUT2D eigenvalue weighted by molar-refractivity contribution is 5.74. The molecule has 0 heterocycles. The summed E-state index contributed by atoms with van der Waals surface area (Å²) < 4.78 is 31.8. The van der Waals surface area contributed by atoms with Crippen molar-refractivity contribution in [1.82, 2.24) is 0 Å². The molecule has 0 saturated carbocycles. The van der Waals surface area contributed by atoms with E-state index in [0.717, 1.165) is 6.07 Å². The minimum Gasteiger partial charge on any atom is -0.466 e. The summed E-state index contributed by atoms with van der Waals surface area (Å²) in [4.78, 5) is 11.8. The number of rotatable bonds is 5. The largest absolute Gasteiger partial charge is 0.466 e. The topological polar surface area (TPSA) is 46.5 Å². The van der Waals surface area contributed by atoms with Gasteiger partial charge in [-0.3, -0.25) is 4.79 Å². The van der Waals surface area contributed by atoms with Crippen LogP contribution in [0.15, 0.2) is 18.2 Å².